The van der Waals surface area contributed by atoms with Gasteiger partial charge in [0.05, 0.1) is 6.54 Å². The molecule has 1 aromatic heterocycles. The van der Waals surface area contributed by atoms with Crippen molar-refractivity contribution >= 4 is 6.29 Å². The number of carbonyl (C=O) groups is 1. The lowest BCUT2D eigenvalue weighted by molar-refractivity contribution is -0.108. The number of aromatic nitrogens is 2. The van der Waals surface area contributed by atoms with Crippen molar-refractivity contribution in [3.05, 3.63) is 17.0 Å². The lowest BCUT2D eigenvalue weighted by atomic mass is 10.1. The largest absolute Gasteiger partial charge is 0.301 e. The number of fused-ring (bicyclic) bond motifs is 1. The van der Waals surface area contributed by atoms with Crippen LogP contribution in [0.25, 0.3) is 0 Å². The van der Waals surface area contributed by atoms with Gasteiger partial charge in [0.2, 0.25) is 0 Å². The Morgan fingerprint density at radius 1 is 1.59 bits per heavy atom. The van der Waals surface area contributed by atoms with E-state index in [0.29, 0.717) is 11.0 Å². The van der Waals surface area contributed by atoms with Crippen molar-refractivity contribution in [3.63, 3.8) is 0 Å². The predicted octanol–water partition coefficient (Wildman–Crippen LogP) is 2.30. The second-order valence-corrected chi connectivity index (χ2v) is 4.09. The fraction of sp³-hybridized carbons (Fsp3) is 0.600. The van der Waals surface area contributed by atoms with Crippen LogP contribution in [0, 0.1) is 5.92 Å². The molecule has 0 amide bonds. The topological polar surface area (TPSA) is 34.9 Å². The standard InChI is InChI=1S/C10H10F4N2O/c1-5-4-6-7(9(11)12)15-16(2-3-17)8(6)10(5,13)14/h3,5,9H,2,4H2,1H3. The molecule has 94 valence electrons. The SMILES string of the molecule is CC1Cc2c(C(F)F)nn(CC=O)c2C1(F)F. The van der Waals surface area contributed by atoms with Gasteiger partial charge in [-0.1, -0.05) is 6.92 Å². The second-order valence-electron chi connectivity index (χ2n) is 4.09. The highest BCUT2D eigenvalue weighted by atomic mass is 19.3. The Morgan fingerprint density at radius 3 is 2.76 bits per heavy atom. The van der Waals surface area contributed by atoms with E-state index >= 15 is 0 Å². The van der Waals surface area contributed by atoms with E-state index in [0.717, 1.165) is 0 Å². The number of hydrogen-bond acceptors (Lipinski definition) is 2. The number of rotatable bonds is 3. The summed E-state index contributed by atoms with van der Waals surface area (Å²) in [6.45, 7) is 0.859. The Morgan fingerprint density at radius 2 is 2.24 bits per heavy atom. The summed E-state index contributed by atoms with van der Waals surface area (Å²) in [5.74, 6) is -4.26. The minimum atomic E-state index is -3.21. The molecule has 0 spiro atoms. The summed E-state index contributed by atoms with van der Waals surface area (Å²) in [5.41, 5.74) is -1.28. The number of halogens is 4. The van der Waals surface area contributed by atoms with Gasteiger partial charge in [-0.05, 0) is 6.42 Å². The Kier molecular flexibility index (Phi) is 2.71. The molecule has 17 heavy (non-hydrogen) atoms. The van der Waals surface area contributed by atoms with E-state index < -0.39 is 36.2 Å². The number of nitrogens with zero attached hydrogens (tertiary/aromatic N) is 2. The zero-order valence-electron chi connectivity index (χ0n) is 8.96. The van der Waals surface area contributed by atoms with Crippen molar-refractivity contribution in [1.82, 2.24) is 9.78 Å². The molecule has 0 saturated heterocycles. The average molecular weight is 250 g/mol. The number of alkyl halides is 4. The zero-order valence-corrected chi connectivity index (χ0v) is 8.96. The van der Waals surface area contributed by atoms with Crippen LogP contribution in [-0.2, 0) is 23.7 Å². The third-order valence-electron chi connectivity index (χ3n) is 2.98. The molecule has 1 aliphatic carbocycles. The van der Waals surface area contributed by atoms with Crippen molar-refractivity contribution in [2.24, 2.45) is 5.92 Å². The first-order chi connectivity index (χ1) is 7.89. The Labute approximate surface area is 94.4 Å². The molecule has 1 atom stereocenters. The summed E-state index contributed by atoms with van der Waals surface area (Å²) in [7, 11) is 0. The van der Waals surface area contributed by atoms with Gasteiger partial charge in [-0.25, -0.2) is 8.78 Å². The van der Waals surface area contributed by atoms with Crippen molar-refractivity contribution in [2.45, 2.75) is 32.2 Å². The van der Waals surface area contributed by atoms with Gasteiger partial charge >= 0.3 is 0 Å². The fourth-order valence-electron chi connectivity index (χ4n) is 2.14. The van der Waals surface area contributed by atoms with E-state index in [1.165, 1.54) is 6.92 Å². The molecular formula is C10H10F4N2O. The summed E-state index contributed by atoms with van der Waals surface area (Å²) < 4.78 is 53.5. The van der Waals surface area contributed by atoms with E-state index in [1.54, 1.807) is 0 Å². The lowest BCUT2D eigenvalue weighted by Crippen LogP contribution is -2.23. The molecule has 0 bridgehead atoms. The Bertz CT molecular complexity index is 455. The maximum absolute atomic E-state index is 13.8. The minimum absolute atomic E-state index is 0.112. The van der Waals surface area contributed by atoms with E-state index in [-0.39, 0.29) is 12.0 Å². The molecule has 1 heterocycles. The maximum atomic E-state index is 13.8. The second kappa shape index (κ2) is 3.82. The number of hydrogen-bond donors (Lipinski definition) is 0. The van der Waals surface area contributed by atoms with Gasteiger partial charge in [0.1, 0.15) is 17.7 Å². The van der Waals surface area contributed by atoms with Crippen LogP contribution in [0.5, 0.6) is 0 Å². The highest BCUT2D eigenvalue weighted by molar-refractivity contribution is 5.50. The van der Waals surface area contributed by atoms with Crippen LogP contribution < -0.4 is 0 Å². The Balaban J connectivity index is 2.59. The third kappa shape index (κ3) is 1.64. The maximum Gasteiger partial charge on any atom is 0.292 e. The van der Waals surface area contributed by atoms with Gasteiger partial charge in [0, 0.05) is 11.5 Å². The first-order valence-electron chi connectivity index (χ1n) is 5.09. The van der Waals surface area contributed by atoms with E-state index in [2.05, 4.69) is 5.10 Å². The first kappa shape index (κ1) is 12.1. The van der Waals surface area contributed by atoms with Gasteiger partial charge in [0.25, 0.3) is 12.3 Å². The molecule has 1 aliphatic rings. The first-order valence-corrected chi connectivity index (χ1v) is 5.09. The molecule has 0 fully saturated rings. The smallest absolute Gasteiger partial charge is 0.292 e. The molecule has 3 nitrogen and oxygen atoms in total. The summed E-state index contributed by atoms with van der Waals surface area (Å²) in [4.78, 5) is 10.4. The number of carbonyl (C=O) groups excluding carboxylic acids is 1. The summed E-state index contributed by atoms with van der Waals surface area (Å²) in [6, 6.07) is 0. The monoisotopic (exact) mass is 250 g/mol. The third-order valence-corrected chi connectivity index (χ3v) is 2.98. The summed E-state index contributed by atoms with van der Waals surface area (Å²) in [5, 5.41) is 3.41. The van der Waals surface area contributed by atoms with Crippen LogP contribution in [-0.4, -0.2) is 16.1 Å². The van der Waals surface area contributed by atoms with Crippen LogP contribution in [0.2, 0.25) is 0 Å². The van der Waals surface area contributed by atoms with Crippen LogP contribution in [0.1, 0.15) is 30.3 Å². The zero-order chi connectivity index (χ0) is 12.8. The van der Waals surface area contributed by atoms with Gasteiger partial charge < -0.3 is 4.79 Å². The minimum Gasteiger partial charge on any atom is -0.301 e. The van der Waals surface area contributed by atoms with E-state index in [4.69, 9.17) is 0 Å². The van der Waals surface area contributed by atoms with Crippen LogP contribution >= 0.6 is 0 Å². The molecule has 1 unspecified atom stereocenters. The molecular weight excluding hydrogens is 240 g/mol. The highest BCUT2D eigenvalue weighted by Gasteiger charge is 2.51. The lowest BCUT2D eigenvalue weighted by Gasteiger charge is -2.16. The van der Waals surface area contributed by atoms with Crippen molar-refractivity contribution < 1.29 is 22.4 Å². The van der Waals surface area contributed by atoms with Gasteiger partial charge in [-0.3, -0.25) is 4.68 Å². The summed E-state index contributed by atoms with van der Waals surface area (Å²) >= 11 is 0. The Hall–Kier alpha value is -1.40. The van der Waals surface area contributed by atoms with Gasteiger partial charge in [-0.2, -0.15) is 13.9 Å². The average Bonchev–Trinajstić information content (AvgIpc) is 2.67. The fourth-order valence-corrected chi connectivity index (χ4v) is 2.14. The number of aldehydes is 1. The normalized spacial score (nSPS) is 21.9. The molecule has 0 aliphatic heterocycles. The molecule has 1 aromatic rings. The molecule has 0 radical (unpaired) electrons. The van der Waals surface area contributed by atoms with Crippen molar-refractivity contribution in [1.29, 1.82) is 0 Å². The molecule has 7 heteroatoms. The van der Waals surface area contributed by atoms with Gasteiger partial charge in [-0.15, -0.1) is 0 Å². The molecule has 2 rings (SSSR count). The molecule has 0 N–H and O–H groups in total. The summed E-state index contributed by atoms with van der Waals surface area (Å²) in [6.07, 6.45) is -2.68. The highest BCUT2D eigenvalue weighted by Crippen LogP contribution is 2.48. The predicted molar refractivity (Wildman–Crippen MR) is 50.0 cm³/mol. The molecule has 0 aromatic carbocycles. The van der Waals surface area contributed by atoms with Gasteiger partial charge in [0.15, 0.2) is 0 Å². The van der Waals surface area contributed by atoms with Crippen LogP contribution in [0.15, 0.2) is 0 Å². The van der Waals surface area contributed by atoms with Crippen LogP contribution in [0.4, 0.5) is 17.6 Å². The van der Waals surface area contributed by atoms with Crippen molar-refractivity contribution in [3.8, 4) is 0 Å². The van der Waals surface area contributed by atoms with Crippen LogP contribution in [0.3, 0.4) is 0 Å². The molecule has 0 saturated carbocycles. The quantitative estimate of drug-likeness (QED) is 0.609. The van der Waals surface area contributed by atoms with E-state index in [9.17, 15) is 22.4 Å². The van der Waals surface area contributed by atoms with E-state index in [1.807, 2.05) is 0 Å². The van der Waals surface area contributed by atoms with Crippen molar-refractivity contribution in [2.75, 3.05) is 0 Å².